The first-order valence-corrected chi connectivity index (χ1v) is 7.13. The molecule has 0 saturated carbocycles. The van der Waals surface area contributed by atoms with Gasteiger partial charge in [0.25, 0.3) is 0 Å². The molecule has 3 aromatic rings. The highest BCUT2D eigenvalue weighted by molar-refractivity contribution is 5.53. The number of rotatable bonds is 5. The van der Waals surface area contributed by atoms with E-state index in [4.69, 9.17) is 5.84 Å². The van der Waals surface area contributed by atoms with Gasteiger partial charge in [-0.2, -0.15) is 5.10 Å². The maximum absolute atomic E-state index is 5.75. The first kappa shape index (κ1) is 13.7. The van der Waals surface area contributed by atoms with Crippen molar-refractivity contribution < 1.29 is 0 Å². The van der Waals surface area contributed by atoms with Gasteiger partial charge in [-0.3, -0.25) is 16.3 Å². The van der Waals surface area contributed by atoms with Crippen molar-refractivity contribution >= 4 is 5.52 Å². The first-order chi connectivity index (χ1) is 10.3. The second-order valence-corrected chi connectivity index (χ2v) is 5.10. The van der Waals surface area contributed by atoms with Crippen LogP contribution in [0.4, 0.5) is 0 Å². The Morgan fingerprint density at radius 3 is 2.67 bits per heavy atom. The molecule has 0 radical (unpaired) electrons. The van der Waals surface area contributed by atoms with Crippen LogP contribution in [0, 0.1) is 0 Å². The number of fused-ring (bicyclic) bond motifs is 1. The minimum absolute atomic E-state index is 0.0131. The molecule has 0 aliphatic heterocycles. The van der Waals surface area contributed by atoms with Crippen molar-refractivity contribution in [2.24, 2.45) is 5.84 Å². The van der Waals surface area contributed by atoms with E-state index in [1.54, 1.807) is 6.20 Å². The lowest BCUT2D eigenvalue weighted by Crippen LogP contribution is -2.29. The monoisotopic (exact) mass is 281 g/mol. The molecule has 1 aromatic carbocycles. The second-order valence-electron chi connectivity index (χ2n) is 5.10. The molecule has 0 aliphatic rings. The summed E-state index contributed by atoms with van der Waals surface area (Å²) in [5.41, 5.74) is 7.52. The summed E-state index contributed by atoms with van der Waals surface area (Å²) in [6, 6.07) is 8.67. The molecular weight excluding hydrogens is 262 g/mol. The largest absolute Gasteiger partial charge is 0.271 e. The van der Waals surface area contributed by atoms with Crippen molar-refractivity contribution in [2.75, 3.05) is 0 Å². The molecule has 0 spiro atoms. The maximum atomic E-state index is 5.75. The molecule has 0 amide bonds. The molecule has 1 atom stereocenters. The molecule has 21 heavy (non-hydrogen) atoms. The molecule has 3 rings (SSSR count). The van der Waals surface area contributed by atoms with Gasteiger partial charge in [-0.05, 0) is 24.0 Å². The summed E-state index contributed by atoms with van der Waals surface area (Å²) in [6.07, 6.45) is 9.09. The minimum Gasteiger partial charge on any atom is -0.271 e. The summed E-state index contributed by atoms with van der Waals surface area (Å²) in [4.78, 5) is 4.16. The van der Waals surface area contributed by atoms with Crippen LogP contribution in [0.1, 0.15) is 29.7 Å². The van der Waals surface area contributed by atoms with E-state index in [9.17, 15) is 0 Å². The van der Waals surface area contributed by atoms with E-state index in [0.717, 1.165) is 23.9 Å². The van der Waals surface area contributed by atoms with E-state index < -0.39 is 0 Å². The van der Waals surface area contributed by atoms with E-state index >= 15 is 0 Å². The predicted octanol–water partition coefficient (Wildman–Crippen LogP) is 2.04. The van der Waals surface area contributed by atoms with Gasteiger partial charge in [0.1, 0.15) is 0 Å². The average Bonchev–Trinajstić information content (AvgIpc) is 2.97. The molecule has 0 fully saturated rings. The standard InChI is InChI=1S/C16H19N5/c1-2-12-3-5-13(6-4-12)9-15(20-17)14-10-19-21-8-7-18-11-16(14)21/h3-8,10-11,15,20H,2,9,17H2,1H3. The van der Waals surface area contributed by atoms with E-state index in [2.05, 4.69) is 46.7 Å². The van der Waals surface area contributed by atoms with Gasteiger partial charge in [0, 0.05) is 18.0 Å². The molecule has 0 saturated heterocycles. The van der Waals surface area contributed by atoms with Crippen LogP contribution in [0.3, 0.4) is 0 Å². The third-order valence-electron chi connectivity index (χ3n) is 3.80. The number of benzene rings is 1. The Bertz CT molecular complexity index is 717. The summed E-state index contributed by atoms with van der Waals surface area (Å²) in [5.74, 6) is 5.75. The zero-order valence-corrected chi connectivity index (χ0v) is 12.0. The van der Waals surface area contributed by atoms with Crippen molar-refractivity contribution in [3.63, 3.8) is 0 Å². The summed E-state index contributed by atoms with van der Waals surface area (Å²) >= 11 is 0. The normalized spacial score (nSPS) is 12.7. The zero-order chi connectivity index (χ0) is 14.7. The molecule has 5 nitrogen and oxygen atoms in total. The Labute approximate surface area is 123 Å². The summed E-state index contributed by atoms with van der Waals surface area (Å²) in [5, 5.41) is 4.34. The van der Waals surface area contributed by atoms with Gasteiger partial charge < -0.3 is 0 Å². The third-order valence-corrected chi connectivity index (χ3v) is 3.80. The molecule has 0 bridgehead atoms. The van der Waals surface area contributed by atoms with E-state index in [1.165, 1.54) is 11.1 Å². The highest BCUT2D eigenvalue weighted by atomic mass is 15.3. The van der Waals surface area contributed by atoms with Crippen LogP contribution in [0.25, 0.3) is 5.52 Å². The van der Waals surface area contributed by atoms with Gasteiger partial charge >= 0.3 is 0 Å². The highest BCUT2D eigenvalue weighted by Crippen LogP contribution is 2.22. The van der Waals surface area contributed by atoms with Crippen LogP contribution < -0.4 is 11.3 Å². The lowest BCUT2D eigenvalue weighted by molar-refractivity contribution is 0.555. The molecular formula is C16H19N5. The fourth-order valence-corrected chi connectivity index (χ4v) is 2.53. The third kappa shape index (κ3) is 2.79. The van der Waals surface area contributed by atoms with Crippen LogP contribution in [0.2, 0.25) is 0 Å². The smallest absolute Gasteiger partial charge is 0.0893 e. The average molecular weight is 281 g/mol. The molecule has 2 heterocycles. The fourth-order valence-electron chi connectivity index (χ4n) is 2.53. The van der Waals surface area contributed by atoms with E-state index in [1.807, 2.05) is 23.1 Å². The predicted molar refractivity (Wildman–Crippen MR) is 82.6 cm³/mol. The van der Waals surface area contributed by atoms with Gasteiger partial charge in [-0.1, -0.05) is 31.2 Å². The Kier molecular flexibility index (Phi) is 3.94. The number of hydrazine groups is 1. The number of aryl methyl sites for hydroxylation is 1. The number of nitrogens with two attached hydrogens (primary N) is 1. The van der Waals surface area contributed by atoms with Crippen LogP contribution >= 0.6 is 0 Å². The summed E-state index contributed by atoms with van der Waals surface area (Å²) in [6.45, 7) is 2.16. The lowest BCUT2D eigenvalue weighted by atomic mass is 9.99. The van der Waals surface area contributed by atoms with E-state index in [0.29, 0.717) is 0 Å². The van der Waals surface area contributed by atoms with Crippen LogP contribution in [-0.4, -0.2) is 14.6 Å². The number of aromatic nitrogens is 3. The lowest BCUT2D eigenvalue weighted by Gasteiger charge is -2.15. The van der Waals surface area contributed by atoms with Crippen molar-refractivity contribution in [1.29, 1.82) is 0 Å². The molecule has 2 aromatic heterocycles. The number of hydrogen-bond acceptors (Lipinski definition) is 4. The van der Waals surface area contributed by atoms with Gasteiger partial charge in [0.05, 0.1) is 24.0 Å². The molecule has 0 aliphatic carbocycles. The first-order valence-electron chi connectivity index (χ1n) is 7.13. The number of nitrogens with zero attached hydrogens (tertiary/aromatic N) is 3. The van der Waals surface area contributed by atoms with Gasteiger partial charge in [-0.25, -0.2) is 4.52 Å². The van der Waals surface area contributed by atoms with E-state index in [-0.39, 0.29) is 6.04 Å². The quantitative estimate of drug-likeness (QED) is 0.555. The van der Waals surface area contributed by atoms with Crippen molar-refractivity contribution in [1.82, 2.24) is 20.0 Å². The summed E-state index contributed by atoms with van der Waals surface area (Å²) in [7, 11) is 0. The Morgan fingerprint density at radius 1 is 1.19 bits per heavy atom. The van der Waals surface area contributed by atoms with Crippen LogP contribution in [0.5, 0.6) is 0 Å². The highest BCUT2D eigenvalue weighted by Gasteiger charge is 2.15. The molecule has 3 N–H and O–H groups in total. The van der Waals surface area contributed by atoms with Crippen LogP contribution in [-0.2, 0) is 12.8 Å². The number of nitrogens with one attached hydrogen (secondary N) is 1. The second kappa shape index (κ2) is 6.03. The fraction of sp³-hybridized carbons (Fsp3) is 0.250. The minimum atomic E-state index is 0.0131. The Balaban J connectivity index is 1.87. The van der Waals surface area contributed by atoms with Gasteiger partial charge in [0.2, 0.25) is 0 Å². The number of hydrogen-bond donors (Lipinski definition) is 2. The van der Waals surface area contributed by atoms with Crippen molar-refractivity contribution in [3.8, 4) is 0 Å². The topological polar surface area (TPSA) is 68.2 Å². The Hall–Kier alpha value is -2.24. The van der Waals surface area contributed by atoms with Gasteiger partial charge in [0.15, 0.2) is 0 Å². The van der Waals surface area contributed by atoms with Crippen molar-refractivity contribution in [3.05, 3.63) is 65.7 Å². The summed E-state index contributed by atoms with van der Waals surface area (Å²) < 4.78 is 1.81. The maximum Gasteiger partial charge on any atom is 0.0893 e. The Morgan fingerprint density at radius 2 is 1.95 bits per heavy atom. The molecule has 5 heteroatoms. The SMILES string of the molecule is CCc1ccc(CC(NN)c2cnn3ccncc23)cc1. The van der Waals surface area contributed by atoms with Crippen LogP contribution in [0.15, 0.2) is 49.1 Å². The van der Waals surface area contributed by atoms with Crippen molar-refractivity contribution in [2.45, 2.75) is 25.8 Å². The molecule has 108 valence electrons. The van der Waals surface area contributed by atoms with Gasteiger partial charge in [-0.15, -0.1) is 0 Å². The zero-order valence-electron chi connectivity index (χ0n) is 12.0. The molecule has 1 unspecified atom stereocenters.